The molecule has 0 aliphatic heterocycles. The molecule has 0 aliphatic carbocycles. The number of hydrogen-bond donors (Lipinski definition) is 0. The molecule has 0 radical (unpaired) electrons. The van der Waals surface area contributed by atoms with E-state index in [1.807, 2.05) is 81.4 Å². The van der Waals surface area contributed by atoms with Gasteiger partial charge in [0.25, 0.3) is 0 Å². The summed E-state index contributed by atoms with van der Waals surface area (Å²) in [6.07, 6.45) is 1.05. The van der Waals surface area contributed by atoms with Crippen molar-refractivity contribution in [3.63, 3.8) is 0 Å². The minimum Gasteiger partial charge on any atom is -0.457 e. The second-order valence-corrected chi connectivity index (χ2v) is 8.19. The average molecular weight is 377 g/mol. The molecule has 144 valence electrons. The maximum atomic E-state index is 5.65. The van der Waals surface area contributed by atoms with Crippen LogP contribution >= 0.6 is 0 Å². The van der Waals surface area contributed by atoms with Gasteiger partial charge in [0, 0.05) is 25.9 Å². The Kier molecular flexibility index (Phi) is 11.6. The molecule has 2 aromatic carbocycles. The van der Waals surface area contributed by atoms with Crippen molar-refractivity contribution >= 4 is 8.80 Å². The summed E-state index contributed by atoms with van der Waals surface area (Å²) in [6.45, 7) is 10.1. The molecule has 0 atom stereocenters. The summed E-state index contributed by atoms with van der Waals surface area (Å²) < 4.78 is 22.5. The zero-order valence-electron chi connectivity index (χ0n) is 16.4. The molecule has 0 N–H and O–H groups in total. The molecule has 0 aliphatic rings. The Bertz CT molecular complexity index is 496. The van der Waals surface area contributed by atoms with Crippen LogP contribution in [0.3, 0.4) is 0 Å². The number of benzene rings is 2. The van der Waals surface area contributed by atoms with Gasteiger partial charge in [-0.2, -0.15) is 0 Å². The van der Waals surface area contributed by atoms with Gasteiger partial charge in [0.15, 0.2) is 0 Å². The van der Waals surface area contributed by atoms with E-state index in [4.69, 9.17) is 18.0 Å². The van der Waals surface area contributed by atoms with Crippen molar-refractivity contribution in [1.82, 2.24) is 0 Å². The van der Waals surface area contributed by atoms with Crippen LogP contribution in [0.4, 0.5) is 0 Å². The fourth-order valence-electron chi connectivity index (χ4n) is 2.42. The van der Waals surface area contributed by atoms with Crippen molar-refractivity contribution < 1.29 is 18.0 Å². The van der Waals surface area contributed by atoms with E-state index in [0.717, 1.165) is 24.0 Å². The summed E-state index contributed by atoms with van der Waals surface area (Å²) in [5.41, 5.74) is 0. The predicted octanol–water partition coefficient (Wildman–Crippen LogP) is 5.92. The first-order chi connectivity index (χ1) is 12.7. The summed E-state index contributed by atoms with van der Waals surface area (Å²) in [5.74, 6) is 1.74. The fourth-order valence-corrected chi connectivity index (χ4v) is 5.04. The highest BCUT2D eigenvalue weighted by molar-refractivity contribution is 6.60. The minimum atomic E-state index is -2.30. The highest BCUT2D eigenvalue weighted by Gasteiger charge is 2.38. The first kappa shape index (κ1) is 22.4. The van der Waals surface area contributed by atoms with Crippen molar-refractivity contribution in [2.45, 2.75) is 40.2 Å². The Morgan fingerprint density at radius 2 is 1.00 bits per heavy atom. The lowest BCUT2D eigenvalue weighted by Gasteiger charge is -2.27. The number of para-hydroxylation sites is 2. The van der Waals surface area contributed by atoms with E-state index < -0.39 is 8.80 Å². The Labute approximate surface area is 159 Å². The van der Waals surface area contributed by atoms with Crippen molar-refractivity contribution in [3.8, 4) is 11.5 Å². The topological polar surface area (TPSA) is 36.9 Å². The average Bonchev–Trinajstić information content (AvgIpc) is 2.65. The maximum absolute atomic E-state index is 5.65. The van der Waals surface area contributed by atoms with Crippen LogP contribution in [0.1, 0.15) is 34.1 Å². The van der Waals surface area contributed by atoms with E-state index in [-0.39, 0.29) is 0 Å². The Hall–Kier alpha value is -1.66. The molecule has 4 nitrogen and oxygen atoms in total. The van der Waals surface area contributed by atoms with Gasteiger partial charge in [-0.3, -0.25) is 0 Å². The Morgan fingerprint density at radius 3 is 1.31 bits per heavy atom. The molecule has 0 unspecified atom stereocenters. The molecule has 0 heterocycles. The molecule has 0 spiro atoms. The van der Waals surface area contributed by atoms with Crippen LogP contribution in [0.15, 0.2) is 60.7 Å². The van der Waals surface area contributed by atoms with Gasteiger partial charge in [0.05, 0.1) is 0 Å². The third kappa shape index (κ3) is 8.63. The smallest absolute Gasteiger partial charge is 0.457 e. The zero-order valence-corrected chi connectivity index (χ0v) is 17.4. The first-order valence-electron chi connectivity index (χ1n) is 9.39. The van der Waals surface area contributed by atoms with Gasteiger partial charge in [0.2, 0.25) is 0 Å². The molecule has 5 heteroatoms. The lowest BCUT2D eigenvalue weighted by Crippen LogP contribution is -2.45. The van der Waals surface area contributed by atoms with E-state index in [1.54, 1.807) is 0 Å². The molecular formula is C21H32O4Si. The molecule has 2 rings (SSSR count). The second-order valence-electron chi connectivity index (χ2n) is 5.46. The molecular weight excluding hydrogens is 344 g/mol. The molecule has 2 aromatic rings. The van der Waals surface area contributed by atoms with Gasteiger partial charge in [-0.05, 0) is 45.0 Å². The number of hydrogen-bond acceptors (Lipinski definition) is 4. The van der Waals surface area contributed by atoms with Crippen molar-refractivity contribution in [2.24, 2.45) is 0 Å². The highest BCUT2D eigenvalue weighted by atomic mass is 28.4. The van der Waals surface area contributed by atoms with Gasteiger partial charge in [0.1, 0.15) is 11.5 Å². The van der Waals surface area contributed by atoms with E-state index in [9.17, 15) is 0 Å². The minimum absolute atomic E-state index is 0.673. The number of rotatable bonds is 10. The molecule has 0 bridgehead atoms. The van der Waals surface area contributed by atoms with Gasteiger partial charge >= 0.3 is 8.80 Å². The lowest BCUT2D eigenvalue weighted by molar-refractivity contribution is 0.0712. The molecule has 0 fully saturated rings. The SMILES string of the molecule is CCC[Si](OCC)(OCC)OCC.c1ccc(Oc2ccccc2)cc1. The standard InChI is InChI=1S/C12H10O.C9H22O3Si/c1-3-7-11(8-4-1)13-12-9-5-2-6-10-12;1-5-9-13(10-6-2,11-7-3)12-8-4/h1-10H;5-9H2,1-4H3. The van der Waals surface area contributed by atoms with Crippen LogP contribution in [0.5, 0.6) is 11.5 Å². The monoisotopic (exact) mass is 376 g/mol. The maximum Gasteiger partial charge on any atom is 0.500 e. The van der Waals surface area contributed by atoms with Gasteiger partial charge in [-0.1, -0.05) is 49.7 Å². The molecule has 0 saturated heterocycles. The summed E-state index contributed by atoms with van der Waals surface area (Å²) in [7, 11) is -2.30. The van der Waals surface area contributed by atoms with E-state index >= 15 is 0 Å². The third-order valence-electron chi connectivity index (χ3n) is 3.37. The predicted molar refractivity (Wildman–Crippen MR) is 109 cm³/mol. The van der Waals surface area contributed by atoms with Gasteiger partial charge in [-0.25, -0.2) is 0 Å². The first-order valence-corrected chi connectivity index (χ1v) is 11.3. The quantitative estimate of drug-likeness (QED) is 0.482. The normalized spacial score (nSPS) is 10.8. The zero-order chi connectivity index (χ0) is 19.1. The Morgan fingerprint density at radius 1 is 0.615 bits per heavy atom. The molecule has 0 amide bonds. The highest BCUT2D eigenvalue weighted by Crippen LogP contribution is 2.19. The summed E-state index contributed by atoms with van der Waals surface area (Å²) in [5, 5.41) is 0. The summed E-state index contributed by atoms with van der Waals surface area (Å²) >= 11 is 0. The van der Waals surface area contributed by atoms with E-state index in [2.05, 4.69) is 6.92 Å². The van der Waals surface area contributed by atoms with E-state index in [0.29, 0.717) is 19.8 Å². The van der Waals surface area contributed by atoms with Crippen molar-refractivity contribution in [3.05, 3.63) is 60.7 Å². The molecule has 0 saturated carbocycles. The third-order valence-corrected chi connectivity index (χ3v) is 6.67. The van der Waals surface area contributed by atoms with Crippen molar-refractivity contribution in [1.29, 1.82) is 0 Å². The van der Waals surface area contributed by atoms with Gasteiger partial charge < -0.3 is 18.0 Å². The van der Waals surface area contributed by atoms with Crippen LogP contribution in [-0.4, -0.2) is 28.6 Å². The van der Waals surface area contributed by atoms with Crippen LogP contribution in [0, 0.1) is 0 Å². The Balaban J connectivity index is 0.000000260. The van der Waals surface area contributed by atoms with Crippen LogP contribution in [-0.2, 0) is 13.3 Å². The summed E-state index contributed by atoms with van der Waals surface area (Å²) in [4.78, 5) is 0. The molecule has 26 heavy (non-hydrogen) atoms. The van der Waals surface area contributed by atoms with Gasteiger partial charge in [-0.15, -0.1) is 0 Å². The number of ether oxygens (including phenoxy) is 1. The largest absolute Gasteiger partial charge is 0.500 e. The van der Waals surface area contributed by atoms with Crippen molar-refractivity contribution in [2.75, 3.05) is 19.8 Å². The van der Waals surface area contributed by atoms with Crippen LogP contribution < -0.4 is 4.74 Å². The van der Waals surface area contributed by atoms with E-state index in [1.165, 1.54) is 0 Å². The second kappa shape index (κ2) is 13.5. The van der Waals surface area contributed by atoms with Crippen LogP contribution in [0.25, 0.3) is 0 Å². The lowest BCUT2D eigenvalue weighted by atomic mass is 10.3. The van der Waals surface area contributed by atoms with Crippen LogP contribution in [0.2, 0.25) is 6.04 Å². The molecule has 0 aromatic heterocycles. The summed E-state index contributed by atoms with van der Waals surface area (Å²) in [6, 6.07) is 20.4. The fraction of sp³-hybridized carbons (Fsp3) is 0.429.